The Labute approximate surface area is 159 Å². The molecule has 2 heterocycles. The van der Waals surface area contributed by atoms with E-state index >= 15 is 0 Å². The predicted molar refractivity (Wildman–Crippen MR) is 101 cm³/mol. The molecule has 2 aliphatic heterocycles. The Bertz CT molecular complexity index is 994. The zero-order valence-corrected chi connectivity index (χ0v) is 14.8. The van der Waals surface area contributed by atoms with Crippen LogP contribution in [0.5, 0.6) is 5.75 Å². The van der Waals surface area contributed by atoms with Crippen LogP contribution in [0, 0.1) is 0 Å². The van der Waals surface area contributed by atoms with Crippen molar-refractivity contribution >= 4 is 23.4 Å². The van der Waals surface area contributed by atoms with E-state index in [2.05, 4.69) is 10.3 Å². The lowest BCUT2D eigenvalue weighted by Gasteiger charge is -2.13. The van der Waals surface area contributed by atoms with Gasteiger partial charge >= 0.3 is 6.18 Å². The third kappa shape index (κ3) is 3.65. The molecule has 0 unspecified atom stereocenters. The van der Waals surface area contributed by atoms with Gasteiger partial charge in [-0.3, -0.25) is 9.79 Å². The van der Waals surface area contributed by atoms with Gasteiger partial charge in [0.2, 0.25) is 5.91 Å². The molecule has 0 saturated carbocycles. The quantitative estimate of drug-likeness (QED) is 0.752. The van der Waals surface area contributed by atoms with Crippen LogP contribution >= 0.6 is 0 Å². The summed E-state index contributed by atoms with van der Waals surface area (Å²) in [5.41, 5.74) is 2.99. The molecule has 0 fully saturated rings. The van der Waals surface area contributed by atoms with Crippen LogP contribution in [0.15, 0.2) is 47.5 Å². The van der Waals surface area contributed by atoms with E-state index < -0.39 is 11.7 Å². The van der Waals surface area contributed by atoms with Crippen LogP contribution in [0.1, 0.15) is 35.1 Å². The van der Waals surface area contributed by atoms with Gasteiger partial charge in [0.1, 0.15) is 5.75 Å². The number of nitrogens with zero attached hydrogens (tertiary/aromatic N) is 1. The second kappa shape index (κ2) is 7.14. The number of carbonyl (C=O) groups is 1. The van der Waals surface area contributed by atoms with Gasteiger partial charge in [-0.25, -0.2) is 0 Å². The number of amides is 1. The molecule has 0 saturated heterocycles. The van der Waals surface area contributed by atoms with Crippen molar-refractivity contribution in [3.05, 3.63) is 64.7 Å². The average Bonchev–Trinajstić information content (AvgIpc) is 3.05. The second-order valence-corrected chi connectivity index (χ2v) is 6.67. The third-order valence-electron chi connectivity index (χ3n) is 4.74. The number of halogens is 3. The summed E-state index contributed by atoms with van der Waals surface area (Å²) in [6, 6.07) is 8.98. The first-order chi connectivity index (χ1) is 13.4. The van der Waals surface area contributed by atoms with Crippen molar-refractivity contribution in [3.8, 4) is 5.75 Å². The maximum absolute atomic E-state index is 13.0. The largest absolute Gasteiger partial charge is 0.493 e. The number of hydrogen-bond acceptors (Lipinski definition) is 3. The Balaban J connectivity index is 1.62. The first kappa shape index (κ1) is 18.3. The van der Waals surface area contributed by atoms with Crippen LogP contribution in [0.4, 0.5) is 18.9 Å². The van der Waals surface area contributed by atoms with Gasteiger partial charge in [0.05, 0.1) is 24.4 Å². The highest BCUT2D eigenvalue weighted by Gasteiger charge is 2.32. The fraction of sp³-hybridized carbons (Fsp3) is 0.238. The molecular weight excluding hydrogens is 369 g/mol. The van der Waals surface area contributed by atoms with Gasteiger partial charge in [-0.15, -0.1) is 0 Å². The van der Waals surface area contributed by atoms with E-state index in [1.165, 1.54) is 12.1 Å². The van der Waals surface area contributed by atoms with Gasteiger partial charge in [0, 0.05) is 23.4 Å². The summed E-state index contributed by atoms with van der Waals surface area (Å²) in [6.07, 6.45) is -0.123. The standard InChI is InChI=1S/C21H17F3N2O2/c22-21(23,24)15-6-7-16-13(4-2-8-28-19(16)10-15)9-20(27)26-18-5-1-3-14-11-25-12-17(14)18/h1,3,5-7,9-10,12H,2,4,8,11H2,(H,26,27)/b13-9+. The highest BCUT2D eigenvalue weighted by molar-refractivity contribution is 6.07. The van der Waals surface area contributed by atoms with Crippen LogP contribution in [0.2, 0.25) is 0 Å². The van der Waals surface area contributed by atoms with Crippen LogP contribution in [0.3, 0.4) is 0 Å². The minimum atomic E-state index is -4.44. The predicted octanol–water partition coefficient (Wildman–Crippen LogP) is 4.83. The molecule has 1 amide bonds. The maximum Gasteiger partial charge on any atom is 0.416 e. The van der Waals surface area contributed by atoms with Crippen molar-refractivity contribution < 1.29 is 22.7 Å². The summed E-state index contributed by atoms with van der Waals surface area (Å²) < 4.78 is 44.4. The lowest BCUT2D eigenvalue weighted by atomic mass is 9.99. The number of aliphatic imine (C=N–C) groups is 1. The number of alkyl halides is 3. The van der Waals surface area contributed by atoms with Crippen LogP contribution in [-0.2, 0) is 17.5 Å². The van der Waals surface area contributed by atoms with E-state index in [-0.39, 0.29) is 11.7 Å². The number of ether oxygens (including phenoxy) is 1. The Morgan fingerprint density at radius 2 is 2.07 bits per heavy atom. The number of benzene rings is 2. The number of allylic oxidation sites excluding steroid dienone is 1. The van der Waals surface area contributed by atoms with Gasteiger partial charge < -0.3 is 10.1 Å². The van der Waals surface area contributed by atoms with Crippen molar-refractivity contribution in [1.29, 1.82) is 0 Å². The van der Waals surface area contributed by atoms with Crippen LogP contribution < -0.4 is 10.1 Å². The highest BCUT2D eigenvalue weighted by atomic mass is 19.4. The smallest absolute Gasteiger partial charge is 0.416 e. The molecule has 0 radical (unpaired) electrons. The summed E-state index contributed by atoms with van der Waals surface area (Å²) in [6.45, 7) is 0.891. The number of carbonyl (C=O) groups excluding carboxylic acids is 1. The van der Waals surface area contributed by atoms with Crippen LogP contribution in [-0.4, -0.2) is 18.7 Å². The van der Waals surface area contributed by atoms with Gasteiger partial charge in [-0.2, -0.15) is 13.2 Å². The fourth-order valence-corrected chi connectivity index (χ4v) is 3.39. The molecular formula is C21H17F3N2O2. The highest BCUT2D eigenvalue weighted by Crippen LogP contribution is 2.38. The van der Waals surface area contributed by atoms with E-state index in [1.807, 2.05) is 12.1 Å². The van der Waals surface area contributed by atoms with Gasteiger partial charge in [-0.05, 0) is 42.2 Å². The van der Waals surface area contributed by atoms with Crippen molar-refractivity contribution in [2.75, 3.05) is 11.9 Å². The van der Waals surface area contributed by atoms with E-state index in [9.17, 15) is 18.0 Å². The summed E-state index contributed by atoms with van der Waals surface area (Å²) in [7, 11) is 0. The van der Waals surface area contributed by atoms with Gasteiger partial charge in [0.15, 0.2) is 0 Å². The molecule has 144 valence electrons. The molecule has 4 nitrogen and oxygen atoms in total. The first-order valence-corrected chi connectivity index (χ1v) is 8.89. The SMILES string of the molecule is O=C(/C=C1\CCCOc2cc(C(F)(F)F)ccc21)Nc1cccc2c1C=NC2. The Morgan fingerprint density at radius 3 is 2.89 bits per heavy atom. The summed E-state index contributed by atoms with van der Waals surface area (Å²) in [5, 5.41) is 2.85. The normalized spacial score (nSPS) is 16.9. The number of anilines is 1. The Kier molecular flexibility index (Phi) is 4.66. The molecule has 7 heteroatoms. The van der Waals surface area contributed by atoms with Gasteiger partial charge in [-0.1, -0.05) is 18.2 Å². The van der Waals surface area contributed by atoms with Crippen molar-refractivity contribution in [2.45, 2.75) is 25.6 Å². The number of rotatable bonds is 2. The van der Waals surface area contributed by atoms with E-state index in [0.717, 1.165) is 23.3 Å². The lowest BCUT2D eigenvalue weighted by molar-refractivity contribution is -0.137. The van der Waals surface area contributed by atoms with Crippen molar-refractivity contribution in [1.82, 2.24) is 0 Å². The van der Waals surface area contributed by atoms with Gasteiger partial charge in [0.25, 0.3) is 0 Å². The number of nitrogens with one attached hydrogen (secondary N) is 1. The van der Waals surface area contributed by atoms with E-state index in [0.29, 0.717) is 42.8 Å². The molecule has 0 bridgehead atoms. The van der Waals surface area contributed by atoms with Crippen LogP contribution in [0.25, 0.3) is 5.57 Å². The summed E-state index contributed by atoms with van der Waals surface area (Å²) in [5.74, 6) is -0.185. The zero-order chi connectivity index (χ0) is 19.7. The van der Waals surface area contributed by atoms with Crippen molar-refractivity contribution in [3.63, 3.8) is 0 Å². The molecule has 4 rings (SSSR count). The maximum atomic E-state index is 13.0. The molecule has 2 aromatic carbocycles. The summed E-state index contributed by atoms with van der Waals surface area (Å²) in [4.78, 5) is 16.8. The lowest BCUT2D eigenvalue weighted by Crippen LogP contribution is -2.11. The van der Waals surface area contributed by atoms with Crippen molar-refractivity contribution in [2.24, 2.45) is 4.99 Å². The molecule has 0 aromatic heterocycles. The molecule has 0 spiro atoms. The monoisotopic (exact) mass is 386 g/mol. The molecule has 2 aromatic rings. The fourth-order valence-electron chi connectivity index (χ4n) is 3.39. The Hall–Kier alpha value is -3.09. The zero-order valence-electron chi connectivity index (χ0n) is 14.8. The molecule has 1 N–H and O–H groups in total. The Morgan fingerprint density at radius 1 is 1.21 bits per heavy atom. The second-order valence-electron chi connectivity index (χ2n) is 6.67. The number of fused-ring (bicyclic) bond motifs is 2. The first-order valence-electron chi connectivity index (χ1n) is 8.89. The van der Waals surface area contributed by atoms with E-state index in [4.69, 9.17) is 4.74 Å². The minimum Gasteiger partial charge on any atom is -0.493 e. The summed E-state index contributed by atoms with van der Waals surface area (Å²) >= 11 is 0. The molecule has 2 aliphatic rings. The number of hydrogen-bond donors (Lipinski definition) is 1. The average molecular weight is 386 g/mol. The molecule has 0 atom stereocenters. The van der Waals surface area contributed by atoms with E-state index in [1.54, 1.807) is 12.3 Å². The molecule has 28 heavy (non-hydrogen) atoms. The third-order valence-corrected chi connectivity index (χ3v) is 4.74. The topological polar surface area (TPSA) is 50.7 Å². The minimum absolute atomic E-state index is 0.152. The molecule has 0 aliphatic carbocycles.